The summed E-state index contributed by atoms with van der Waals surface area (Å²) in [5.74, 6) is -2.01. The normalized spacial score (nSPS) is 19.1. The maximum absolute atomic E-state index is 12.9. The van der Waals surface area contributed by atoms with E-state index in [-0.39, 0.29) is 23.3 Å². The van der Waals surface area contributed by atoms with Crippen LogP contribution in [0.1, 0.15) is 41.7 Å². The molecule has 3 amide bonds. The third kappa shape index (κ3) is 4.11. The molecule has 1 fully saturated rings. The minimum absolute atomic E-state index is 0.0255. The molecule has 8 heteroatoms. The molecule has 5 N–H and O–H groups in total. The Morgan fingerprint density at radius 1 is 1.14 bits per heavy atom. The van der Waals surface area contributed by atoms with Gasteiger partial charge in [0.25, 0.3) is 5.91 Å². The van der Waals surface area contributed by atoms with Gasteiger partial charge in [-0.15, -0.1) is 0 Å². The highest BCUT2D eigenvalue weighted by Crippen LogP contribution is 2.33. The molecular weight excluding hydrogens is 358 g/mol. The lowest BCUT2D eigenvalue weighted by Gasteiger charge is -2.38. The van der Waals surface area contributed by atoms with Crippen molar-refractivity contribution in [3.8, 4) is 0 Å². The highest BCUT2D eigenvalue weighted by molar-refractivity contribution is 6.39. The molecule has 2 heterocycles. The number of amides is 3. The molecule has 2 aromatic rings. The number of pyridine rings is 1. The predicted octanol–water partition coefficient (Wildman–Crippen LogP) is 1.70. The molecule has 0 spiro atoms. The Balaban J connectivity index is 1.82. The summed E-state index contributed by atoms with van der Waals surface area (Å²) in [7, 11) is 0. The summed E-state index contributed by atoms with van der Waals surface area (Å²) in [6.07, 6.45) is 3.11. The molecule has 3 rings (SSSR count). The van der Waals surface area contributed by atoms with Crippen molar-refractivity contribution in [3.05, 3.63) is 53.7 Å². The minimum atomic E-state index is -0.851. The van der Waals surface area contributed by atoms with E-state index in [9.17, 15) is 14.4 Å². The smallest absolute Gasteiger partial charge is 0.315 e. The van der Waals surface area contributed by atoms with E-state index in [0.29, 0.717) is 12.2 Å². The van der Waals surface area contributed by atoms with Crippen LogP contribution in [0.3, 0.4) is 0 Å². The number of benzene rings is 1. The van der Waals surface area contributed by atoms with Crippen LogP contribution < -0.4 is 16.8 Å². The van der Waals surface area contributed by atoms with Gasteiger partial charge in [0, 0.05) is 18.4 Å². The largest absolute Gasteiger partial charge is 0.399 e. The van der Waals surface area contributed by atoms with Crippen LogP contribution in [-0.2, 0) is 9.59 Å². The molecule has 2 atom stereocenters. The van der Waals surface area contributed by atoms with Crippen molar-refractivity contribution in [1.82, 2.24) is 9.88 Å². The molecule has 0 saturated carbocycles. The van der Waals surface area contributed by atoms with Crippen LogP contribution in [0.25, 0.3) is 0 Å². The lowest BCUT2D eigenvalue weighted by atomic mass is 9.89. The number of hydrogen-bond acceptors (Lipinski definition) is 5. The topological polar surface area (TPSA) is 131 Å². The van der Waals surface area contributed by atoms with Gasteiger partial charge >= 0.3 is 11.8 Å². The number of aromatic nitrogens is 1. The Morgan fingerprint density at radius 3 is 2.54 bits per heavy atom. The zero-order chi connectivity index (χ0) is 20.3. The molecule has 0 bridgehead atoms. The lowest BCUT2D eigenvalue weighted by molar-refractivity contribution is -0.146. The standard InChI is InChI=1S/C20H23N5O3/c1-12-4-9-16(13-5-7-14(21)8-6-13)25(11-12)20(28)19(27)24-18-15(17(22)26)3-2-10-23-18/h2-3,5-8,10,12,16H,4,9,11,21H2,1H3,(H2,22,26)(H,23,24,27)/t12-,16+/m1/s1. The van der Waals surface area contributed by atoms with Crippen LogP contribution in [0.4, 0.5) is 11.5 Å². The van der Waals surface area contributed by atoms with E-state index in [0.717, 1.165) is 18.4 Å². The number of nitrogen functional groups attached to an aromatic ring is 1. The van der Waals surface area contributed by atoms with Crippen molar-refractivity contribution < 1.29 is 14.4 Å². The predicted molar refractivity (Wildman–Crippen MR) is 105 cm³/mol. The fraction of sp³-hybridized carbons (Fsp3) is 0.300. The molecule has 1 aliphatic heterocycles. The summed E-state index contributed by atoms with van der Waals surface area (Å²) in [6, 6.07) is 10.1. The first-order chi connectivity index (χ1) is 13.4. The van der Waals surface area contributed by atoms with E-state index >= 15 is 0 Å². The van der Waals surface area contributed by atoms with Crippen molar-refractivity contribution >= 4 is 29.2 Å². The molecule has 0 radical (unpaired) electrons. The van der Waals surface area contributed by atoms with E-state index in [2.05, 4.69) is 10.3 Å². The fourth-order valence-corrected chi connectivity index (χ4v) is 3.44. The number of piperidine rings is 1. The first-order valence-corrected chi connectivity index (χ1v) is 9.09. The second-order valence-electron chi connectivity index (χ2n) is 7.04. The van der Waals surface area contributed by atoms with Gasteiger partial charge in [-0.2, -0.15) is 0 Å². The quantitative estimate of drug-likeness (QED) is 0.550. The van der Waals surface area contributed by atoms with Gasteiger partial charge < -0.3 is 21.7 Å². The zero-order valence-electron chi connectivity index (χ0n) is 15.6. The third-order valence-corrected chi connectivity index (χ3v) is 4.90. The summed E-state index contributed by atoms with van der Waals surface area (Å²) < 4.78 is 0. The van der Waals surface area contributed by atoms with Gasteiger partial charge in [0.05, 0.1) is 11.6 Å². The fourth-order valence-electron chi connectivity index (χ4n) is 3.44. The Kier molecular flexibility index (Phi) is 5.58. The number of hydrogen-bond donors (Lipinski definition) is 3. The van der Waals surface area contributed by atoms with Crippen molar-refractivity contribution in [2.24, 2.45) is 11.7 Å². The second kappa shape index (κ2) is 8.08. The maximum Gasteiger partial charge on any atom is 0.315 e. The van der Waals surface area contributed by atoms with Gasteiger partial charge in [0.2, 0.25) is 0 Å². The number of rotatable bonds is 3. The summed E-state index contributed by atoms with van der Waals surface area (Å²) in [5.41, 5.74) is 12.7. The highest BCUT2D eigenvalue weighted by Gasteiger charge is 2.34. The first-order valence-electron chi connectivity index (χ1n) is 9.09. The van der Waals surface area contributed by atoms with Crippen LogP contribution in [0.2, 0.25) is 0 Å². The number of primary amides is 1. The number of nitrogens with two attached hydrogens (primary N) is 2. The Hall–Kier alpha value is -3.42. The molecule has 0 aliphatic carbocycles. The summed E-state index contributed by atoms with van der Waals surface area (Å²) in [6.45, 7) is 2.51. The molecule has 146 valence electrons. The molecule has 28 heavy (non-hydrogen) atoms. The Labute approximate surface area is 162 Å². The number of anilines is 2. The molecule has 1 aromatic carbocycles. The van der Waals surface area contributed by atoms with Crippen molar-refractivity contribution in [1.29, 1.82) is 0 Å². The number of nitrogens with zero attached hydrogens (tertiary/aromatic N) is 2. The van der Waals surface area contributed by atoms with Crippen LogP contribution in [-0.4, -0.2) is 34.2 Å². The van der Waals surface area contributed by atoms with Gasteiger partial charge in [-0.25, -0.2) is 4.98 Å². The summed E-state index contributed by atoms with van der Waals surface area (Å²) in [5, 5.41) is 2.42. The number of likely N-dealkylation sites (tertiary alicyclic amines) is 1. The molecule has 1 aliphatic rings. The lowest BCUT2D eigenvalue weighted by Crippen LogP contribution is -2.46. The molecule has 8 nitrogen and oxygen atoms in total. The molecular formula is C20H23N5O3. The van der Waals surface area contributed by atoms with Gasteiger partial charge in [0.15, 0.2) is 0 Å². The van der Waals surface area contributed by atoms with Crippen LogP contribution in [0.15, 0.2) is 42.6 Å². The van der Waals surface area contributed by atoms with Crippen molar-refractivity contribution in [2.45, 2.75) is 25.8 Å². The van der Waals surface area contributed by atoms with Crippen molar-refractivity contribution in [3.63, 3.8) is 0 Å². The first kappa shape index (κ1) is 19.3. The Morgan fingerprint density at radius 2 is 1.86 bits per heavy atom. The van der Waals surface area contributed by atoms with Crippen LogP contribution in [0.5, 0.6) is 0 Å². The van der Waals surface area contributed by atoms with Gasteiger partial charge in [-0.05, 0) is 48.6 Å². The van der Waals surface area contributed by atoms with Crippen LogP contribution >= 0.6 is 0 Å². The summed E-state index contributed by atoms with van der Waals surface area (Å²) in [4.78, 5) is 42.6. The summed E-state index contributed by atoms with van der Waals surface area (Å²) >= 11 is 0. The maximum atomic E-state index is 12.9. The third-order valence-electron chi connectivity index (χ3n) is 4.90. The van der Waals surface area contributed by atoms with Gasteiger partial charge in [0.1, 0.15) is 5.82 Å². The van der Waals surface area contributed by atoms with E-state index in [1.54, 1.807) is 17.0 Å². The Bertz CT molecular complexity index is 897. The van der Waals surface area contributed by atoms with E-state index in [1.807, 2.05) is 19.1 Å². The monoisotopic (exact) mass is 381 g/mol. The highest BCUT2D eigenvalue weighted by atomic mass is 16.2. The van der Waals surface area contributed by atoms with Gasteiger partial charge in [-0.3, -0.25) is 14.4 Å². The minimum Gasteiger partial charge on any atom is -0.399 e. The zero-order valence-corrected chi connectivity index (χ0v) is 15.6. The van der Waals surface area contributed by atoms with E-state index < -0.39 is 17.7 Å². The molecule has 1 aromatic heterocycles. The SMILES string of the molecule is C[C@@H]1CC[C@@H](c2ccc(N)cc2)N(C(=O)C(=O)Nc2ncccc2C(N)=O)C1. The average Bonchev–Trinajstić information content (AvgIpc) is 2.68. The average molecular weight is 381 g/mol. The number of carbonyl (C=O) groups is 3. The van der Waals surface area contributed by atoms with Crippen molar-refractivity contribution in [2.75, 3.05) is 17.6 Å². The van der Waals surface area contributed by atoms with Crippen LogP contribution in [0, 0.1) is 5.92 Å². The molecule has 1 saturated heterocycles. The van der Waals surface area contributed by atoms with E-state index in [4.69, 9.17) is 11.5 Å². The number of nitrogens with one attached hydrogen (secondary N) is 1. The molecule has 0 unspecified atom stereocenters. The van der Waals surface area contributed by atoms with Gasteiger partial charge in [-0.1, -0.05) is 19.1 Å². The number of carbonyl (C=O) groups excluding carboxylic acids is 3. The van der Waals surface area contributed by atoms with E-state index in [1.165, 1.54) is 18.3 Å². The second-order valence-corrected chi connectivity index (χ2v) is 7.04.